The van der Waals surface area contributed by atoms with Gasteiger partial charge >= 0.3 is 0 Å². The summed E-state index contributed by atoms with van der Waals surface area (Å²) in [5.74, 6) is 0.0913. The summed E-state index contributed by atoms with van der Waals surface area (Å²) < 4.78 is 16.3. The highest BCUT2D eigenvalue weighted by Crippen LogP contribution is 2.40. The minimum atomic E-state index is -0.415. The molecule has 140 valence electrons. The molecule has 0 aromatic heterocycles. The molecule has 6 nitrogen and oxygen atoms in total. The normalized spacial score (nSPS) is 19.0. The Balaban J connectivity index is 1.77. The summed E-state index contributed by atoms with van der Waals surface area (Å²) in [6.45, 7) is 1.48. The number of hydrogen-bond donors (Lipinski definition) is 2. The van der Waals surface area contributed by atoms with Gasteiger partial charge in [-0.25, -0.2) is 0 Å². The molecule has 0 saturated heterocycles. The summed E-state index contributed by atoms with van der Waals surface area (Å²) >= 11 is 0. The van der Waals surface area contributed by atoms with Gasteiger partial charge in [0.1, 0.15) is 0 Å². The quantitative estimate of drug-likeness (QED) is 0.599. The second-order valence-corrected chi connectivity index (χ2v) is 6.29. The minimum absolute atomic E-state index is 0.0913. The number of aryl methyl sites for hydroxylation is 1. The molecule has 0 bridgehead atoms. The van der Waals surface area contributed by atoms with Crippen LogP contribution in [0.25, 0.3) is 0 Å². The molecule has 1 aromatic carbocycles. The largest absolute Gasteiger partial charge is 0.356 e. The zero-order valence-corrected chi connectivity index (χ0v) is 15.3. The zero-order valence-electron chi connectivity index (χ0n) is 15.3. The molecule has 2 unspecified atom stereocenters. The number of carbonyl (C=O) groups is 1. The fourth-order valence-electron chi connectivity index (χ4n) is 3.02. The van der Waals surface area contributed by atoms with Crippen LogP contribution >= 0.6 is 0 Å². The first-order valence-electron chi connectivity index (χ1n) is 9.00. The summed E-state index contributed by atoms with van der Waals surface area (Å²) in [5.41, 5.74) is 8.52. The van der Waals surface area contributed by atoms with E-state index in [0.717, 1.165) is 55.5 Å². The smallest absolute Gasteiger partial charge is 0.220 e. The number of nitrogens with two attached hydrogens (primary N) is 1. The second kappa shape index (κ2) is 10.5. The molecule has 25 heavy (non-hydrogen) atoms. The number of unbranched alkanes of at least 4 members (excludes halogenated alkanes) is 3. The molecule has 2 atom stereocenters. The van der Waals surface area contributed by atoms with E-state index in [-0.39, 0.29) is 5.91 Å². The monoisotopic (exact) mass is 350 g/mol. The van der Waals surface area contributed by atoms with Crippen LogP contribution in [0.3, 0.4) is 0 Å². The van der Waals surface area contributed by atoms with Crippen LogP contribution in [0.5, 0.6) is 0 Å². The molecule has 1 aromatic rings. The Morgan fingerprint density at radius 3 is 2.56 bits per heavy atom. The lowest BCUT2D eigenvalue weighted by Crippen LogP contribution is -2.24. The Morgan fingerprint density at radius 1 is 1.12 bits per heavy atom. The Kier molecular flexibility index (Phi) is 8.34. The molecule has 0 radical (unpaired) electrons. The van der Waals surface area contributed by atoms with Crippen LogP contribution in [-0.4, -0.2) is 33.2 Å². The standard InChI is InChI=1S/C19H30N2O4/c1-23-18-15-9-7-14(13-16(15)19(24-2)25-18)8-10-17(22)21-12-6-4-3-5-11-20/h7,9,13,18-19H,3-6,8,10-12,20H2,1-2H3,(H,21,22). The Hall–Kier alpha value is -1.47. The summed E-state index contributed by atoms with van der Waals surface area (Å²) in [6, 6.07) is 6.06. The fraction of sp³-hybridized carbons (Fsp3) is 0.632. The maximum Gasteiger partial charge on any atom is 0.220 e. The predicted molar refractivity (Wildman–Crippen MR) is 95.9 cm³/mol. The van der Waals surface area contributed by atoms with Crippen molar-refractivity contribution in [3.63, 3.8) is 0 Å². The van der Waals surface area contributed by atoms with Crippen molar-refractivity contribution in [3.05, 3.63) is 34.9 Å². The number of benzene rings is 1. The van der Waals surface area contributed by atoms with Crippen molar-refractivity contribution >= 4 is 5.91 Å². The van der Waals surface area contributed by atoms with Gasteiger partial charge in [-0.3, -0.25) is 4.79 Å². The van der Waals surface area contributed by atoms with Gasteiger partial charge in [0.25, 0.3) is 0 Å². The van der Waals surface area contributed by atoms with Gasteiger partial charge in [-0.05, 0) is 31.4 Å². The molecule has 0 saturated carbocycles. The van der Waals surface area contributed by atoms with E-state index in [1.807, 2.05) is 18.2 Å². The molecular weight excluding hydrogens is 320 g/mol. The van der Waals surface area contributed by atoms with E-state index in [2.05, 4.69) is 5.32 Å². The Labute approximate surface area is 150 Å². The van der Waals surface area contributed by atoms with Crippen molar-refractivity contribution in [1.29, 1.82) is 0 Å². The first-order valence-corrected chi connectivity index (χ1v) is 9.00. The number of hydrogen-bond acceptors (Lipinski definition) is 5. The highest BCUT2D eigenvalue weighted by Gasteiger charge is 2.31. The van der Waals surface area contributed by atoms with Gasteiger partial charge in [-0.2, -0.15) is 0 Å². The SMILES string of the molecule is COC1OC(OC)c2cc(CCC(=O)NCCCCCCN)ccc21. The lowest BCUT2D eigenvalue weighted by Gasteiger charge is -2.10. The van der Waals surface area contributed by atoms with Gasteiger partial charge in [-0.15, -0.1) is 0 Å². The fourth-order valence-corrected chi connectivity index (χ4v) is 3.02. The Morgan fingerprint density at radius 2 is 1.84 bits per heavy atom. The molecule has 0 aliphatic carbocycles. The van der Waals surface area contributed by atoms with Crippen LogP contribution in [-0.2, 0) is 25.4 Å². The van der Waals surface area contributed by atoms with E-state index >= 15 is 0 Å². The lowest BCUT2D eigenvalue weighted by molar-refractivity contribution is -0.217. The summed E-state index contributed by atoms with van der Waals surface area (Å²) in [6.07, 6.45) is 4.68. The molecule has 2 rings (SSSR count). The third-order valence-electron chi connectivity index (χ3n) is 4.43. The van der Waals surface area contributed by atoms with Gasteiger partial charge < -0.3 is 25.3 Å². The molecule has 3 N–H and O–H groups in total. The maximum absolute atomic E-state index is 12.0. The van der Waals surface area contributed by atoms with Gasteiger partial charge in [0.15, 0.2) is 12.6 Å². The topological polar surface area (TPSA) is 82.8 Å². The lowest BCUT2D eigenvalue weighted by atomic mass is 10.0. The van der Waals surface area contributed by atoms with Crippen molar-refractivity contribution < 1.29 is 19.0 Å². The van der Waals surface area contributed by atoms with Crippen LogP contribution in [0.1, 0.15) is 61.4 Å². The third-order valence-corrected chi connectivity index (χ3v) is 4.43. The number of carbonyl (C=O) groups excluding carboxylic acids is 1. The van der Waals surface area contributed by atoms with Gasteiger partial charge in [0.05, 0.1) is 0 Å². The number of ether oxygens (including phenoxy) is 3. The second-order valence-electron chi connectivity index (χ2n) is 6.29. The average Bonchev–Trinajstić information content (AvgIpc) is 3.00. The minimum Gasteiger partial charge on any atom is -0.356 e. The molecule has 1 aliphatic rings. The predicted octanol–water partition coefficient (Wildman–Crippen LogP) is 2.57. The van der Waals surface area contributed by atoms with Crippen LogP contribution in [0, 0.1) is 0 Å². The first-order chi connectivity index (χ1) is 12.2. The number of fused-ring (bicyclic) bond motifs is 1. The van der Waals surface area contributed by atoms with Crippen LogP contribution < -0.4 is 11.1 Å². The highest BCUT2D eigenvalue weighted by atomic mass is 16.8. The average molecular weight is 350 g/mol. The van der Waals surface area contributed by atoms with Gasteiger partial charge in [-0.1, -0.05) is 31.0 Å². The third kappa shape index (κ3) is 5.78. The summed E-state index contributed by atoms with van der Waals surface area (Å²) in [7, 11) is 3.22. The van der Waals surface area contributed by atoms with Crippen molar-refractivity contribution in [2.24, 2.45) is 5.73 Å². The highest BCUT2D eigenvalue weighted by molar-refractivity contribution is 5.76. The van der Waals surface area contributed by atoms with E-state index in [9.17, 15) is 4.79 Å². The molecule has 1 heterocycles. The van der Waals surface area contributed by atoms with E-state index in [1.54, 1.807) is 14.2 Å². The van der Waals surface area contributed by atoms with Crippen LogP contribution in [0.2, 0.25) is 0 Å². The van der Waals surface area contributed by atoms with Gasteiger partial charge in [0, 0.05) is 38.3 Å². The van der Waals surface area contributed by atoms with E-state index in [4.69, 9.17) is 19.9 Å². The maximum atomic E-state index is 12.0. The molecule has 6 heteroatoms. The molecule has 1 amide bonds. The number of methoxy groups -OCH3 is 2. The zero-order chi connectivity index (χ0) is 18.1. The molecule has 0 fully saturated rings. The summed E-state index contributed by atoms with van der Waals surface area (Å²) in [5, 5.41) is 2.98. The van der Waals surface area contributed by atoms with E-state index in [0.29, 0.717) is 12.8 Å². The van der Waals surface area contributed by atoms with Crippen LogP contribution in [0.4, 0.5) is 0 Å². The number of amides is 1. The Bertz CT molecular complexity index is 550. The van der Waals surface area contributed by atoms with Crippen molar-refractivity contribution in [3.8, 4) is 0 Å². The van der Waals surface area contributed by atoms with E-state index < -0.39 is 12.6 Å². The molecular formula is C19H30N2O4. The molecule has 0 spiro atoms. The van der Waals surface area contributed by atoms with E-state index in [1.165, 1.54) is 0 Å². The van der Waals surface area contributed by atoms with Gasteiger partial charge in [0.2, 0.25) is 5.91 Å². The molecule has 1 aliphatic heterocycles. The number of rotatable bonds is 11. The summed E-state index contributed by atoms with van der Waals surface area (Å²) in [4.78, 5) is 12.0. The van der Waals surface area contributed by atoms with Crippen molar-refractivity contribution in [1.82, 2.24) is 5.32 Å². The van der Waals surface area contributed by atoms with Crippen LogP contribution in [0.15, 0.2) is 18.2 Å². The van der Waals surface area contributed by atoms with Crippen molar-refractivity contribution in [2.45, 2.75) is 51.1 Å². The first kappa shape index (κ1) is 19.8. The van der Waals surface area contributed by atoms with Crippen molar-refractivity contribution in [2.75, 3.05) is 27.3 Å². The number of nitrogens with one attached hydrogen (secondary N) is 1.